The van der Waals surface area contributed by atoms with Crippen LogP contribution in [-0.4, -0.2) is 11.7 Å². The van der Waals surface area contributed by atoms with E-state index in [0.29, 0.717) is 5.56 Å². The number of amides is 1. The minimum Gasteiger partial charge on any atom is -0.343 e. The Bertz CT molecular complexity index is 433. The smallest absolute Gasteiger partial charge is 0.287 e. The summed E-state index contributed by atoms with van der Waals surface area (Å²) >= 11 is 0. The van der Waals surface area contributed by atoms with Crippen LogP contribution in [0.15, 0.2) is 18.2 Å². The van der Waals surface area contributed by atoms with Crippen LogP contribution in [0.5, 0.6) is 0 Å². The molecule has 3 nitrogen and oxygen atoms in total. The highest BCUT2D eigenvalue weighted by Crippen LogP contribution is 2.15. The van der Waals surface area contributed by atoms with Crippen molar-refractivity contribution in [3.8, 4) is 0 Å². The van der Waals surface area contributed by atoms with Gasteiger partial charge in [-0.25, -0.2) is 8.78 Å². The van der Waals surface area contributed by atoms with Gasteiger partial charge in [0.1, 0.15) is 0 Å². The van der Waals surface area contributed by atoms with E-state index in [1.54, 1.807) is 6.92 Å². The summed E-state index contributed by atoms with van der Waals surface area (Å²) in [6.07, 6.45) is 0. The van der Waals surface area contributed by atoms with Crippen LogP contribution in [0.4, 0.5) is 8.78 Å². The van der Waals surface area contributed by atoms with Gasteiger partial charge in [-0.2, -0.15) is 0 Å². The molecule has 0 aliphatic carbocycles. The largest absolute Gasteiger partial charge is 0.343 e. The quantitative estimate of drug-likeness (QED) is 0.846. The van der Waals surface area contributed by atoms with E-state index >= 15 is 0 Å². The summed E-state index contributed by atoms with van der Waals surface area (Å²) in [7, 11) is 0. The minimum absolute atomic E-state index is 0.397. The third-order valence-corrected chi connectivity index (χ3v) is 2.11. The zero-order chi connectivity index (χ0) is 14.3. The Morgan fingerprint density at radius 3 is 2.17 bits per heavy atom. The summed E-state index contributed by atoms with van der Waals surface area (Å²) in [6, 6.07) is 2.76. The lowest BCUT2D eigenvalue weighted by Crippen LogP contribution is -2.31. The van der Waals surface area contributed by atoms with Crippen LogP contribution in [0, 0.1) is 11.6 Å². The maximum Gasteiger partial charge on any atom is 0.287 e. The van der Waals surface area contributed by atoms with Gasteiger partial charge in [-0.05, 0) is 24.6 Å². The van der Waals surface area contributed by atoms with Crippen molar-refractivity contribution in [1.82, 2.24) is 5.32 Å². The predicted molar refractivity (Wildman–Crippen MR) is 64.9 cm³/mol. The third kappa shape index (κ3) is 4.61. The van der Waals surface area contributed by atoms with Crippen LogP contribution in [0.25, 0.3) is 0 Å². The summed E-state index contributed by atoms with van der Waals surface area (Å²) in [6.45, 7) is 6.71. The molecule has 0 spiro atoms. The van der Waals surface area contributed by atoms with Crippen LogP contribution in [0.1, 0.15) is 39.3 Å². The number of carbonyl (C=O) groups is 2. The van der Waals surface area contributed by atoms with E-state index in [0.717, 1.165) is 19.1 Å². The molecule has 5 heteroatoms. The van der Waals surface area contributed by atoms with E-state index < -0.39 is 29.4 Å². The zero-order valence-corrected chi connectivity index (χ0v) is 10.9. The van der Waals surface area contributed by atoms with Gasteiger partial charge in [0, 0.05) is 6.92 Å². The molecule has 0 aliphatic rings. The lowest BCUT2D eigenvalue weighted by atomic mass is 10.1. The van der Waals surface area contributed by atoms with E-state index in [-0.39, 0.29) is 0 Å². The second-order valence-corrected chi connectivity index (χ2v) is 3.42. The Balaban J connectivity index is 0.00000137. The van der Waals surface area contributed by atoms with Gasteiger partial charge in [-0.1, -0.05) is 19.9 Å². The van der Waals surface area contributed by atoms with Crippen molar-refractivity contribution in [2.45, 2.75) is 33.7 Å². The van der Waals surface area contributed by atoms with Gasteiger partial charge < -0.3 is 5.32 Å². The summed E-state index contributed by atoms with van der Waals surface area (Å²) in [4.78, 5) is 21.7. The first-order chi connectivity index (χ1) is 8.41. The van der Waals surface area contributed by atoms with Crippen molar-refractivity contribution in [2.75, 3.05) is 0 Å². The van der Waals surface area contributed by atoms with Gasteiger partial charge in [-0.3, -0.25) is 9.59 Å². The number of rotatable bonds is 3. The Kier molecular flexibility index (Phi) is 6.78. The monoisotopic (exact) mass is 257 g/mol. The van der Waals surface area contributed by atoms with Crippen molar-refractivity contribution in [3.63, 3.8) is 0 Å². The second-order valence-electron chi connectivity index (χ2n) is 3.42. The average molecular weight is 257 g/mol. The molecule has 0 radical (unpaired) electrons. The first kappa shape index (κ1) is 16.2. The van der Waals surface area contributed by atoms with Crippen LogP contribution in [0.2, 0.25) is 0 Å². The number of hydrogen-bond donors (Lipinski definition) is 1. The molecular formula is C13H17F2NO2. The topological polar surface area (TPSA) is 46.2 Å². The first-order valence-electron chi connectivity index (χ1n) is 5.68. The Morgan fingerprint density at radius 2 is 1.72 bits per heavy atom. The Morgan fingerprint density at radius 1 is 1.17 bits per heavy atom. The van der Waals surface area contributed by atoms with Crippen molar-refractivity contribution in [1.29, 1.82) is 0 Å². The van der Waals surface area contributed by atoms with Crippen molar-refractivity contribution >= 4 is 11.7 Å². The maximum absolute atomic E-state index is 12.9. The fourth-order valence-electron chi connectivity index (χ4n) is 1.16. The number of halogens is 2. The molecule has 1 aromatic rings. The van der Waals surface area contributed by atoms with Crippen LogP contribution in [0.3, 0.4) is 0 Å². The summed E-state index contributed by atoms with van der Waals surface area (Å²) in [5.41, 5.74) is 0.397. The molecule has 18 heavy (non-hydrogen) atoms. The summed E-state index contributed by atoms with van der Waals surface area (Å²) in [5, 5.41) is 2.36. The van der Waals surface area contributed by atoms with Gasteiger partial charge in [-0.15, -0.1) is 0 Å². The molecule has 0 aliphatic heterocycles. The van der Waals surface area contributed by atoms with Gasteiger partial charge >= 0.3 is 0 Å². The molecule has 0 saturated carbocycles. The van der Waals surface area contributed by atoms with E-state index in [9.17, 15) is 18.4 Å². The van der Waals surface area contributed by atoms with E-state index in [4.69, 9.17) is 0 Å². The maximum atomic E-state index is 12.9. The molecular weight excluding hydrogens is 240 g/mol. The normalized spacial score (nSPS) is 11.0. The number of ketones is 1. The molecule has 1 atom stereocenters. The third-order valence-electron chi connectivity index (χ3n) is 2.11. The van der Waals surface area contributed by atoms with Gasteiger partial charge in [0.2, 0.25) is 5.78 Å². The molecule has 1 rings (SSSR count). The number of Topliss-reactive ketones (excluding diaryl/α,β-unsaturated/α-hetero) is 1. The molecule has 0 bridgehead atoms. The first-order valence-corrected chi connectivity index (χ1v) is 5.68. The molecule has 100 valence electrons. The van der Waals surface area contributed by atoms with Crippen LogP contribution < -0.4 is 5.32 Å². The Hall–Kier alpha value is -1.78. The molecule has 1 amide bonds. The Labute approximate surface area is 105 Å². The molecule has 1 unspecified atom stereocenters. The highest BCUT2D eigenvalue weighted by atomic mass is 19.2. The van der Waals surface area contributed by atoms with E-state index in [1.807, 2.05) is 13.8 Å². The van der Waals surface area contributed by atoms with E-state index in [1.165, 1.54) is 6.07 Å². The second kappa shape index (κ2) is 7.53. The number of carbonyl (C=O) groups excluding carboxylic acids is 2. The lowest BCUT2D eigenvalue weighted by molar-refractivity contribution is -0.137. The minimum atomic E-state index is -0.985. The van der Waals surface area contributed by atoms with Gasteiger partial charge in [0.25, 0.3) is 5.91 Å². The van der Waals surface area contributed by atoms with Gasteiger partial charge in [0.15, 0.2) is 11.6 Å². The summed E-state index contributed by atoms with van der Waals surface area (Å²) < 4.78 is 25.5. The molecule has 0 fully saturated rings. The van der Waals surface area contributed by atoms with Crippen molar-refractivity contribution in [3.05, 3.63) is 35.4 Å². The van der Waals surface area contributed by atoms with Crippen molar-refractivity contribution in [2.24, 2.45) is 0 Å². The predicted octanol–water partition coefficient (Wildman–Crippen LogP) is 2.76. The average Bonchev–Trinajstić information content (AvgIpc) is 2.34. The van der Waals surface area contributed by atoms with E-state index in [2.05, 4.69) is 5.32 Å². The molecule has 1 aromatic carbocycles. The number of nitrogens with one attached hydrogen (secondary N) is 1. The molecule has 0 saturated heterocycles. The summed E-state index contributed by atoms with van der Waals surface area (Å²) in [5.74, 6) is -3.32. The highest BCUT2D eigenvalue weighted by Gasteiger charge is 2.14. The zero-order valence-electron chi connectivity index (χ0n) is 10.9. The fraction of sp³-hybridized carbons (Fsp3) is 0.385. The lowest BCUT2D eigenvalue weighted by Gasteiger charge is -2.13. The highest BCUT2D eigenvalue weighted by molar-refractivity contribution is 6.35. The standard InChI is InChI=1S/C11H11F2NO2.C2H6/c1-6(14-11(16)7(2)15)8-3-4-9(12)10(13)5-8;1-2/h3-6H,1-2H3,(H,14,16);1-2H3. The number of hydrogen-bond acceptors (Lipinski definition) is 2. The molecule has 1 N–H and O–H groups in total. The van der Waals surface area contributed by atoms with Gasteiger partial charge in [0.05, 0.1) is 6.04 Å². The van der Waals surface area contributed by atoms with Crippen LogP contribution in [-0.2, 0) is 9.59 Å². The van der Waals surface area contributed by atoms with Crippen LogP contribution >= 0.6 is 0 Å². The molecule has 0 heterocycles. The SMILES string of the molecule is CC.CC(=O)C(=O)NC(C)c1ccc(F)c(F)c1. The number of benzene rings is 1. The van der Waals surface area contributed by atoms with Crippen molar-refractivity contribution < 1.29 is 18.4 Å². The fourth-order valence-corrected chi connectivity index (χ4v) is 1.16. The molecule has 0 aromatic heterocycles.